The zero-order valence-electron chi connectivity index (χ0n) is 7.25. The third-order valence-electron chi connectivity index (χ3n) is 1.70. The van der Waals surface area contributed by atoms with Gasteiger partial charge in [-0.25, -0.2) is 0 Å². The summed E-state index contributed by atoms with van der Waals surface area (Å²) < 4.78 is 4.92. The van der Waals surface area contributed by atoms with Crippen molar-refractivity contribution < 1.29 is 9.34 Å². The van der Waals surface area contributed by atoms with Crippen LogP contribution in [0.15, 0.2) is 28.7 Å². The summed E-state index contributed by atoms with van der Waals surface area (Å²) in [5.74, 6) is 0.156. The second-order valence-corrected chi connectivity index (χ2v) is 2.99. The zero-order valence-corrected chi connectivity index (χ0v) is 8.01. The van der Waals surface area contributed by atoms with E-state index in [0.29, 0.717) is 5.56 Å². The van der Waals surface area contributed by atoms with Gasteiger partial charge in [-0.1, -0.05) is 11.2 Å². The predicted molar refractivity (Wildman–Crippen MR) is 51.4 cm³/mol. The van der Waals surface area contributed by atoms with Crippen molar-refractivity contribution in [3.63, 3.8) is 0 Å². The Morgan fingerprint density at radius 2 is 2.20 bits per heavy atom. The number of hydrogen-bond acceptors (Lipinski definition) is 5. The number of nitro groups is 1. The molecule has 0 unspecified atom stereocenters. The first-order valence-corrected chi connectivity index (χ1v) is 4.28. The Hall–Kier alpha value is -1.95. The maximum atomic E-state index is 10.5. The molecule has 0 atom stereocenters. The SMILES string of the molecule is O=[N+]([O-])c1cccc(-c2nnc(Cl)o2)c1. The van der Waals surface area contributed by atoms with E-state index in [2.05, 4.69) is 10.2 Å². The maximum Gasteiger partial charge on any atom is 0.313 e. The monoisotopic (exact) mass is 225 g/mol. The van der Waals surface area contributed by atoms with E-state index < -0.39 is 4.92 Å². The fraction of sp³-hybridized carbons (Fsp3) is 0. The summed E-state index contributed by atoms with van der Waals surface area (Å²) in [4.78, 5) is 10.0. The van der Waals surface area contributed by atoms with Crippen LogP contribution in [0.5, 0.6) is 0 Å². The Balaban J connectivity index is 2.45. The van der Waals surface area contributed by atoms with Gasteiger partial charge < -0.3 is 4.42 Å². The van der Waals surface area contributed by atoms with Crippen LogP contribution in [0, 0.1) is 10.1 Å². The fourth-order valence-corrected chi connectivity index (χ4v) is 1.19. The van der Waals surface area contributed by atoms with Crippen molar-refractivity contribution in [2.45, 2.75) is 0 Å². The molecule has 0 fully saturated rings. The smallest absolute Gasteiger partial charge is 0.313 e. The van der Waals surface area contributed by atoms with E-state index in [1.807, 2.05) is 0 Å². The van der Waals surface area contributed by atoms with Crippen molar-refractivity contribution in [3.05, 3.63) is 39.7 Å². The van der Waals surface area contributed by atoms with Gasteiger partial charge in [-0.05, 0) is 17.7 Å². The standard InChI is InChI=1S/C8H4ClN3O3/c9-8-11-10-7(15-8)5-2-1-3-6(4-5)12(13)14/h1-4H. The quantitative estimate of drug-likeness (QED) is 0.578. The van der Waals surface area contributed by atoms with Gasteiger partial charge in [0.05, 0.1) is 4.92 Å². The molecule has 0 N–H and O–H groups in total. The molecule has 0 aliphatic rings. The van der Waals surface area contributed by atoms with E-state index in [9.17, 15) is 10.1 Å². The molecule has 76 valence electrons. The summed E-state index contributed by atoms with van der Waals surface area (Å²) in [7, 11) is 0. The van der Waals surface area contributed by atoms with E-state index in [1.54, 1.807) is 6.07 Å². The lowest BCUT2D eigenvalue weighted by Gasteiger charge is -1.94. The van der Waals surface area contributed by atoms with Crippen LogP contribution in [0.25, 0.3) is 11.5 Å². The lowest BCUT2D eigenvalue weighted by atomic mass is 10.2. The van der Waals surface area contributed by atoms with Crippen molar-refractivity contribution in [1.29, 1.82) is 0 Å². The lowest BCUT2D eigenvalue weighted by molar-refractivity contribution is -0.384. The van der Waals surface area contributed by atoms with Crippen LogP contribution in [-0.2, 0) is 0 Å². The largest absolute Gasteiger partial charge is 0.407 e. The first kappa shape index (κ1) is 9.60. The van der Waals surface area contributed by atoms with Crippen molar-refractivity contribution in [2.24, 2.45) is 0 Å². The molecule has 2 aromatic rings. The molecule has 0 aliphatic carbocycles. The molecule has 0 saturated carbocycles. The molecule has 0 radical (unpaired) electrons. The molecular formula is C8H4ClN3O3. The van der Waals surface area contributed by atoms with E-state index in [4.69, 9.17) is 16.0 Å². The minimum Gasteiger partial charge on any atom is -0.407 e. The van der Waals surface area contributed by atoms with Gasteiger partial charge in [0.1, 0.15) is 0 Å². The Morgan fingerprint density at radius 3 is 2.80 bits per heavy atom. The van der Waals surface area contributed by atoms with Crippen LogP contribution in [0.1, 0.15) is 0 Å². The summed E-state index contributed by atoms with van der Waals surface area (Å²) in [6.45, 7) is 0. The molecule has 0 aliphatic heterocycles. The van der Waals surface area contributed by atoms with Crippen molar-refractivity contribution in [3.8, 4) is 11.5 Å². The Labute approximate surface area is 88.6 Å². The van der Waals surface area contributed by atoms with Crippen LogP contribution in [0.4, 0.5) is 5.69 Å². The molecule has 6 nitrogen and oxygen atoms in total. The second-order valence-electron chi connectivity index (χ2n) is 2.67. The Bertz CT molecular complexity index is 511. The van der Waals surface area contributed by atoms with Gasteiger partial charge in [-0.2, -0.15) is 0 Å². The molecule has 0 spiro atoms. The average molecular weight is 226 g/mol. The summed E-state index contributed by atoms with van der Waals surface area (Å²) >= 11 is 5.44. The molecular weight excluding hydrogens is 222 g/mol. The second kappa shape index (κ2) is 3.66. The van der Waals surface area contributed by atoms with Crippen molar-refractivity contribution >= 4 is 17.3 Å². The predicted octanol–water partition coefficient (Wildman–Crippen LogP) is 2.30. The normalized spacial score (nSPS) is 10.2. The number of nitrogens with zero attached hydrogens (tertiary/aromatic N) is 3. The third kappa shape index (κ3) is 1.94. The summed E-state index contributed by atoms with van der Waals surface area (Å²) in [6, 6.07) is 5.87. The minimum absolute atomic E-state index is 0.0400. The topological polar surface area (TPSA) is 82.1 Å². The van der Waals surface area contributed by atoms with Gasteiger partial charge in [0.25, 0.3) is 5.69 Å². The van der Waals surface area contributed by atoms with E-state index in [-0.39, 0.29) is 16.9 Å². The highest BCUT2D eigenvalue weighted by molar-refractivity contribution is 6.27. The summed E-state index contributed by atoms with van der Waals surface area (Å²) in [6.07, 6.45) is 0. The van der Waals surface area contributed by atoms with Crippen LogP contribution >= 0.6 is 11.6 Å². The van der Waals surface area contributed by atoms with E-state index >= 15 is 0 Å². The number of rotatable bonds is 2. The highest BCUT2D eigenvalue weighted by Crippen LogP contribution is 2.23. The Morgan fingerprint density at radius 1 is 1.40 bits per heavy atom. The molecule has 1 heterocycles. The molecule has 1 aromatic heterocycles. The van der Waals surface area contributed by atoms with Gasteiger partial charge in [-0.3, -0.25) is 10.1 Å². The number of hydrogen-bond donors (Lipinski definition) is 0. The number of nitro benzene ring substituents is 1. The van der Waals surface area contributed by atoms with Crippen LogP contribution in [-0.4, -0.2) is 15.1 Å². The number of benzene rings is 1. The first-order chi connectivity index (χ1) is 7.16. The van der Waals surface area contributed by atoms with E-state index in [1.165, 1.54) is 18.2 Å². The highest BCUT2D eigenvalue weighted by atomic mass is 35.5. The first-order valence-electron chi connectivity index (χ1n) is 3.90. The number of aromatic nitrogens is 2. The molecule has 15 heavy (non-hydrogen) atoms. The summed E-state index contributed by atoms with van der Waals surface area (Å²) in [5, 5.41) is 17.5. The molecule has 7 heteroatoms. The molecule has 0 bridgehead atoms. The molecule has 0 saturated heterocycles. The lowest BCUT2D eigenvalue weighted by Crippen LogP contribution is -1.88. The summed E-state index contributed by atoms with van der Waals surface area (Å²) in [5.41, 5.74) is 0.422. The van der Waals surface area contributed by atoms with Gasteiger partial charge >= 0.3 is 5.35 Å². The van der Waals surface area contributed by atoms with Crippen molar-refractivity contribution in [1.82, 2.24) is 10.2 Å². The van der Waals surface area contributed by atoms with Gasteiger partial charge in [0, 0.05) is 17.7 Å². The average Bonchev–Trinajstić information content (AvgIpc) is 2.65. The zero-order chi connectivity index (χ0) is 10.8. The van der Waals surface area contributed by atoms with E-state index in [0.717, 1.165) is 0 Å². The van der Waals surface area contributed by atoms with Gasteiger partial charge in [-0.15, -0.1) is 5.10 Å². The van der Waals surface area contributed by atoms with Crippen molar-refractivity contribution in [2.75, 3.05) is 0 Å². The highest BCUT2D eigenvalue weighted by Gasteiger charge is 2.11. The fourth-order valence-electron chi connectivity index (χ4n) is 1.07. The third-order valence-corrected chi connectivity index (χ3v) is 1.86. The Kier molecular flexibility index (Phi) is 2.34. The molecule has 1 aromatic carbocycles. The van der Waals surface area contributed by atoms with Crippen LogP contribution in [0.3, 0.4) is 0 Å². The van der Waals surface area contributed by atoms with Crippen LogP contribution in [0.2, 0.25) is 5.35 Å². The molecule has 2 rings (SSSR count). The van der Waals surface area contributed by atoms with Gasteiger partial charge in [0.2, 0.25) is 5.89 Å². The number of non-ortho nitro benzene ring substituents is 1. The minimum atomic E-state index is -0.499. The molecule has 0 amide bonds. The maximum absolute atomic E-state index is 10.5. The van der Waals surface area contributed by atoms with Crippen LogP contribution < -0.4 is 0 Å². The van der Waals surface area contributed by atoms with Gasteiger partial charge in [0.15, 0.2) is 0 Å². The number of halogens is 1.